The topological polar surface area (TPSA) is 94.4 Å². The maximum absolute atomic E-state index is 11.9. The van der Waals surface area contributed by atoms with Crippen LogP contribution in [0.1, 0.15) is 65.7 Å². The second kappa shape index (κ2) is 13.1. The number of allylic oxidation sites excluding steroid dienone is 2. The molecule has 0 spiro atoms. The number of amides is 1. The molecule has 6 unspecified atom stereocenters. The van der Waals surface area contributed by atoms with E-state index in [1.54, 1.807) is 17.8 Å². The van der Waals surface area contributed by atoms with Gasteiger partial charge < -0.3 is 14.7 Å². The Hall–Kier alpha value is -2.64. The number of piperidine rings is 1. The van der Waals surface area contributed by atoms with E-state index in [1.165, 1.54) is 12.8 Å². The number of hydroxylamine groups is 1. The van der Waals surface area contributed by atoms with Gasteiger partial charge >= 0.3 is 0 Å². The van der Waals surface area contributed by atoms with Crippen molar-refractivity contribution in [2.24, 2.45) is 40.0 Å². The summed E-state index contributed by atoms with van der Waals surface area (Å²) in [4.78, 5) is 19.0. The minimum atomic E-state index is -0.542. The lowest BCUT2D eigenvalue weighted by Crippen LogP contribution is -2.42. The van der Waals surface area contributed by atoms with Gasteiger partial charge in [0, 0.05) is 37.0 Å². The van der Waals surface area contributed by atoms with Crippen LogP contribution in [0.15, 0.2) is 65.6 Å². The first kappa shape index (κ1) is 29.3. The molecule has 0 aromatic carbocycles. The summed E-state index contributed by atoms with van der Waals surface area (Å²) in [6.45, 7) is 12.5. The molecule has 4 rings (SSSR count). The zero-order chi connectivity index (χ0) is 28.0. The van der Waals surface area contributed by atoms with Gasteiger partial charge in [0.15, 0.2) is 0 Å². The van der Waals surface area contributed by atoms with E-state index in [-0.39, 0.29) is 35.9 Å². The maximum Gasteiger partial charge on any atom is 0.276 e. The highest BCUT2D eigenvalue weighted by Crippen LogP contribution is 2.65. The third-order valence-corrected chi connectivity index (χ3v) is 9.27. The van der Waals surface area contributed by atoms with Crippen molar-refractivity contribution < 1.29 is 19.8 Å². The van der Waals surface area contributed by atoms with Crippen molar-refractivity contribution in [2.45, 2.75) is 71.8 Å². The summed E-state index contributed by atoms with van der Waals surface area (Å²) in [5.41, 5.74) is 2.34. The van der Waals surface area contributed by atoms with E-state index in [4.69, 9.17) is 14.9 Å². The maximum atomic E-state index is 11.9. The molecule has 1 saturated carbocycles. The van der Waals surface area contributed by atoms with Crippen LogP contribution < -0.4 is 5.48 Å². The van der Waals surface area contributed by atoms with Gasteiger partial charge in [-0.2, -0.15) is 0 Å². The zero-order valence-electron chi connectivity index (χ0n) is 23.9. The quantitative estimate of drug-likeness (QED) is 0.193. The summed E-state index contributed by atoms with van der Waals surface area (Å²) in [5.74, 6) is 3.07. The predicted octanol–water partition coefficient (Wildman–Crippen LogP) is 5.55. The van der Waals surface area contributed by atoms with Crippen LogP contribution in [0.4, 0.5) is 0 Å². The predicted molar refractivity (Wildman–Crippen MR) is 155 cm³/mol. The molecule has 0 aromatic heterocycles. The van der Waals surface area contributed by atoms with Crippen molar-refractivity contribution in [1.82, 2.24) is 10.4 Å². The number of hydrogen-bond acceptors (Lipinski definition) is 6. The lowest BCUT2D eigenvalue weighted by Gasteiger charge is -2.38. The number of hydrogen-bond donors (Lipinski definition) is 3. The molecule has 6 atom stereocenters. The lowest BCUT2D eigenvalue weighted by atomic mass is 9.79. The van der Waals surface area contributed by atoms with Crippen molar-refractivity contribution in [1.29, 1.82) is 0 Å². The molecule has 3 heterocycles. The Morgan fingerprint density at radius 2 is 2.15 bits per heavy atom. The number of aliphatic hydroxyl groups is 1. The first-order valence-electron chi connectivity index (χ1n) is 14.8. The molecule has 1 aliphatic carbocycles. The number of aliphatic imine (C=N–C) groups is 1. The highest BCUT2D eigenvalue weighted by atomic mass is 16.5. The molecule has 0 aromatic rings. The summed E-state index contributed by atoms with van der Waals surface area (Å²) in [6.07, 6.45) is 21.3. The third-order valence-electron chi connectivity index (χ3n) is 9.27. The molecule has 7 nitrogen and oxygen atoms in total. The molecular formula is C32H47N3O4. The average molecular weight is 538 g/mol. The van der Waals surface area contributed by atoms with Gasteiger partial charge in [0.05, 0.1) is 17.9 Å². The van der Waals surface area contributed by atoms with Crippen LogP contribution in [0.3, 0.4) is 0 Å². The van der Waals surface area contributed by atoms with Crippen molar-refractivity contribution in [3.8, 4) is 0 Å². The molecule has 3 N–H and O–H groups in total. The van der Waals surface area contributed by atoms with Gasteiger partial charge in [-0.15, -0.1) is 0 Å². The molecule has 7 heteroatoms. The molecule has 39 heavy (non-hydrogen) atoms. The molecule has 1 amide bonds. The van der Waals surface area contributed by atoms with Gasteiger partial charge in [0.2, 0.25) is 0 Å². The van der Waals surface area contributed by atoms with Crippen LogP contribution in [0.5, 0.6) is 0 Å². The van der Waals surface area contributed by atoms with Crippen molar-refractivity contribution in [3.05, 3.63) is 60.6 Å². The molecule has 0 bridgehead atoms. The van der Waals surface area contributed by atoms with Crippen LogP contribution in [0.25, 0.3) is 0 Å². The number of carbonyl (C=O) groups excluding carboxylic acids is 1. The Labute approximate surface area is 234 Å². The lowest BCUT2D eigenvalue weighted by molar-refractivity contribution is -0.124. The number of ether oxygens (including phenoxy) is 1. The van der Waals surface area contributed by atoms with Crippen LogP contribution in [0, 0.1) is 35.0 Å². The number of nitrogens with one attached hydrogen (secondary N) is 1. The fourth-order valence-electron chi connectivity index (χ4n) is 7.19. The third kappa shape index (κ3) is 6.58. The summed E-state index contributed by atoms with van der Waals surface area (Å²) >= 11 is 0. The molecule has 4 aliphatic rings. The summed E-state index contributed by atoms with van der Waals surface area (Å²) in [6, 6.07) is 0. The smallest absolute Gasteiger partial charge is 0.276 e. The monoisotopic (exact) mass is 537 g/mol. The van der Waals surface area contributed by atoms with Crippen LogP contribution >= 0.6 is 0 Å². The normalized spacial score (nSPS) is 32.0. The Kier molecular flexibility index (Phi) is 9.89. The van der Waals surface area contributed by atoms with E-state index in [2.05, 4.69) is 43.6 Å². The van der Waals surface area contributed by atoms with Gasteiger partial charge in [0.25, 0.3) is 5.91 Å². The van der Waals surface area contributed by atoms with E-state index in [0.717, 1.165) is 56.8 Å². The zero-order valence-corrected chi connectivity index (χ0v) is 23.9. The molecule has 0 radical (unpaired) electrons. The first-order valence-corrected chi connectivity index (χ1v) is 14.8. The Bertz CT molecular complexity index is 1040. The second-order valence-electron chi connectivity index (χ2n) is 11.9. The van der Waals surface area contributed by atoms with Gasteiger partial charge in [-0.25, -0.2) is 10.5 Å². The highest BCUT2D eigenvalue weighted by molar-refractivity contribution is 5.96. The number of likely N-dealkylation sites (tertiary alicyclic amines) is 1. The van der Waals surface area contributed by atoms with Gasteiger partial charge in [0.1, 0.15) is 11.9 Å². The fraction of sp³-hybridized carbons (Fsp3) is 0.625. The molecule has 3 aliphatic heterocycles. The number of rotatable bonds is 10. The van der Waals surface area contributed by atoms with Crippen molar-refractivity contribution >= 4 is 11.7 Å². The van der Waals surface area contributed by atoms with E-state index in [0.29, 0.717) is 17.4 Å². The molecule has 2 fully saturated rings. The van der Waals surface area contributed by atoms with E-state index >= 15 is 0 Å². The van der Waals surface area contributed by atoms with Gasteiger partial charge in [-0.1, -0.05) is 57.2 Å². The summed E-state index contributed by atoms with van der Waals surface area (Å²) < 4.78 is 6.30. The van der Waals surface area contributed by atoms with E-state index < -0.39 is 5.91 Å². The van der Waals surface area contributed by atoms with E-state index in [9.17, 15) is 9.90 Å². The molecular weight excluding hydrogens is 490 g/mol. The minimum Gasteiger partial charge on any atom is -0.490 e. The molecule has 214 valence electrons. The van der Waals surface area contributed by atoms with Gasteiger partial charge in [-0.05, 0) is 68.8 Å². The summed E-state index contributed by atoms with van der Waals surface area (Å²) in [7, 11) is 0. The van der Waals surface area contributed by atoms with Crippen LogP contribution in [-0.4, -0.2) is 52.8 Å². The number of nitrogens with zero attached hydrogens (tertiary/aromatic N) is 2. The average Bonchev–Trinajstić information content (AvgIpc) is 3.45. The van der Waals surface area contributed by atoms with E-state index in [1.807, 2.05) is 19.1 Å². The highest BCUT2D eigenvalue weighted by Gasteiger charge is 2.58. The standard InChI is InChI=1S/C32H47N3O4/c1-5-9-24-17-29(39-28(24)7-3)26(21-36)27-19-32(27,14-6-2)18-23-12-15-35(16-13-23)30-22(4)10-8-11-25(20-33-30)31(37)34-38/h5,7-9,11,17,20,22-24,26-28,36,38H,3,6,10,12-16,18-19,21H2,1-2,4H3,(H,34,37). The second-order valence-corrected chi connectivity index (χ2v) is 11.9. The minimum absolute atomic E-state index is 0.0491. The first-order chi connectivity index (χ1) is 18.9. The van der Waals surface area contributed by atoms with Crippen LogP contribution in [-0.2, 0) is 9.53 Å². The van der Waals surface area contributed by atoms with Crippen LogP contribution in [0.2, 0.25) is 0 Å². The summed E-state index contributed by atoms with van der Waals surface area (Å²) in [5, 5.41) is 19.5. The number of aliphatic hydroxyl groups excluding tert-OH is 1. The fourth-order valence-corrected chi connectivity index (χ4v) is 7.19. The Morgan fingerprint density at radius 1 is 1.38 bits per heavy atom. The number of carbonyl (C=O) groups is 1. The SMILES string of the molecule is C=CC1OC(C(CO)C2CC2(CCC)CC2CCN(C3=NC=C(C(=O)NO)C=CCC3C)CC2)=CC1C=CC. The largest absolute Gasteiger partial charge is 0.490 e. The number of amidine groups is 1. The molecule has 1 saturated heterocycles. The van der Waals surface area contributed by atoms with Crippen molar-refractivity contribution in [3.63, 3.8) is 0 Å². The van der Waals surface area contributed by atoms with Crippen molar-refractivity contribution in [2.75, 3.05) is 19.7 Å². The van der Waals surface area contributed by atoms with Gasteiger partial charge in [-0.3, -0.25) is 10.0 Å². The Morgan fingerprint density at radius 3 is 2.79 bits per heavy atom. The Balaban J connectivity index is 1.40.